The quantitative estimate of drug-likeness (QED) is 0.782. The van der Waals surface area contributed by atoms with E-state index in [2.05, 4.69) is 5.32 Å². The van der Waals surface area contributed by atoms with E-state index in [1.165, 1.54) is 12.8 Å². The monoisotopic (exact) mass is 266 g/mol. The number of nitrogens with two attached hydrogens (primary N) is 1. The molecule has 106 valence electrons. The summed E-state index contributed by atoms with van der Waals surface area (Å²) in [5.74, 6) is 2.11. The second kappa shape index (κ2) is 6.12. The van der Waals surface area contributed by atoms with Crippen LogP contribution in [0.4, 0.5) is 0 Å². The van der Waals surface area contributed by atoms with Gasteiger partial charge in [0.2, 0.25) is 0 Å². The van der Waals surface area contributed by atoms with Gasteiger partial charge >= 0.3 is 0 Å². The number of rotatable bonds is 7. The molecule has 0 spiro atoms. The molecule has 0 radical (unpaired) electrons. The van der Waals surface area contributed by atoms with E-state index >= 15 is 0 Å². The Morgan fingerprint density at radius 1 is 1.11 bits per heavy atom. The zero-order chi connectivity index (χ0) is 13.8. The maximum atomic E-state index is 5.88. The van der Waals surface area contributed by atoms with Gasteiger partial charge < -0.3 is 25.3 Å². The van der Waals surface area contributed by atoms with E-state index in [0.29, 0.717) is 24.1 Å². The van der Waals surface area contributed by atoms with Crippen LogP contribution in [0.3, 0.4) is 0 Å². The topological polar surface area (TPSA) is 65.7 Å². The molecule has 1 aliphatic carbocycles. The zero-order valence-corrected chi connectivity index (χ0v) is 11.7. The van der Waals surface area contributed by atoms with Gasteiger partial charge in [0, 0.05) is 30.3 Å². The fourth-order valence-corrected chi connectivity index (χ4v) is 2.14. The van der Waals surface area contributed by atoms with Crippen LogP contribution in [0, 0.1) is 0 Å². The molecule has 0 heterocycles. The Hall–Kier alpha value is -1.46. The Bertz CT molecular complexity index is 433. The molecule has 2 rings (SSSR count). The lowest BCUT2D eigenvalue weighted by Crippen LogP contribution is -2.30. The molecule has 19 heavy (non-hydrogen) atoms. The minimum Gasteiger partial charge on any atom is -0.496 e. The van der Waals surface area contributed by atoms with Crippen LogP contribution in [-0.2, 0) is 0 Å². The normalized spacial score (nSPS) is 16.0. The molecule has 1 fully saturated rings. The summed E-state index contributed by atoms with van der Waals surface area (Å²) >= 11 is 0. The maximum Gasteiger partial charge on any atom is 0.164 e. The molecule has 3 N–H and O–H groups in total. The lowest BCUT2D eigenvalue weighted by Gasteiger charge is -2.21. The number of hydrogen-bond donors (Lipinski definition) is 2. The van der Waals surface area contributed by atoms with Crippen molar-refractivity contribution in [3.05, 3.63) is 17.7 Å². The number of nitrogens with one attached hydrogen (secondary N) is 1. The highest BCUT2D eigenvalue weighted by molar-refractivity contribution is 5.52. The van der Waals surface area contributed by atoms with E-state index < -0.39 is 0 Å². The van der Waals surface area contributed by atoms with Crippen molar-refractivity contribution in [3.8, 4) is 17.2 Å². The van der Waals surface area contributed by atoms with Crippen LogP contribution in [0.1, 0.15) is 24.4 Å². The van der Waals surface area contributed by atoms with Crippen LogP contribution in [0.15, 0.2) is 12.1 Å². The molecule has 0 amide bonds. The number of hydrogen-bond acceptors (Lipinski definition) is 5. The summed E-state index contributed by atoms with van der Waals surface area (Å²) in [6, 6.07) is 4.42. The third kappa shape index (κ3) is 3.11. The number of methoxy groups -OCH3 is 3. The first kappa shape index (κ1) is 14.0. The summed E-state index contributed by atoms with van der Waals surface area (Å²) in [6.07, 6.45) is 2.43. The smallest absolute Gasteiger partial charge is 0.164 e. The molecule has 1 atom stereocenters. The van der Waals surface area contributed by atoms with E-state index in [9.17, 15) is 0 Å². The minimum atomic E-state index is 0.0715. The van der Waals surface area contributed by atoms with Crippen molar-refractivity contribution >= 4 is 0 Å². The molecule has 1 saturated carbocycles. The van der Waals surface area contributed by atoms with Gasteiger partial charge in [-0.25, -0.2) is 0 Å². The SMILES string of the molecule is COc1cc(OC)c(C(CN)NC2CC2)cc1OC. The van der Waals surface area contributed by atoms with Crippen LogP contribution >= 0.6 is 0 Å². The Kier molecular flexibility index (Phi) is 4.50. The summed E-state index contributed by atoms with van der Waals surface area (Å²) < 4.78 is 16.1. The lowest BCUT2D eigenvalue weighted by molar-refractivity contribution is 0.345. The largest absolute Gasteiger partial charge is 0.496 e. The van der Waals surface area contributed by atoms with Gasteiger partial charge in [-0.15, -0.1) is 0 Å². The van der Waals surface area contributed by atoms with Gasteiger partial charge in [0.25, 0.3) is 0 Å². The van der Waals surface area contributed by atoms with Gasteiger partial charge in [0.15, 0.2) is 11.5 Å². The third-order valence-electron chi connectivity index (χ3n) is 3.36. The average Bonchev–Trinajstić information content (AvgIpc) is 3.27. The van der Waals surface area contributed by atoms with E-state index in [0.717, 1.165) is 11.3 Å². The predicted octanol–water partition coefficient (Wildman–Crippen LogP) is 1.46. The van der Waals surface area contributed by atoms with Gasteiger partial charge in [-0.2, -0.15) is 0 Å². The van der Waals surface area contributed by atoms with Gasteiger partial charge in [-0.05, 0) is 18.9 Å². The maximum absolute atomic E-state index is 5.88. The molecule has 1 aliphatic rings. The number of benzene rings is 1. The van der Waals surface area contributed by atoms with Crippen LogP contribution in [-0.4, -0.2) is 33.9 Å². The molecule has 0 saturated heterocycles. The van der Waals surface area contributed by atoms with Crippen LogP contribution in [0.25, 0.3) is 0 Å². The van der Waals surface area contributed by atoms with Gasteiger partial charge in [-0.1, -0.05) is 0 Å². The summed E-state index contributed by atoms with van der Waals surface area (Å²) in [5.41, 5.74) is 6.89. The Morgan fingerprint density at radius 3 is 2.16 bits per heavy atom. The predicted molar refractivity (Wildman–Crippen MR) is 74.1 cm³/mol. The first-order chi connectivity index (χ1) is 9.23. The highest BCUT2D eigenvalue weighted by Gasteiger charge is 2.27. The van der Waals surface area contributed by atoms with Crippen molar-refractivity contribution in [1.29, 1.82) is 0 Å². The van der Waals surface area contributed by atoms with E-state index in [1.807, 2.05) is 12.1 Å². The highest BCUT2D eigenvalue weighted by atomic mass is 16.5. The van der Waals surface area contributed by atoms with Crippen molar-refractivity contribution in [2.75, 3.05) is 27.9 Å². The van der Waals surface area contributed by atoms with Crippen molar-refractivity contribution in [3.63, 3.8) is 0 Å². The second-order valence-electron chi connectivity index (χ2n) is 4.68. The van der Waals surface area contributed by atoms with Crippen LogP contribution < -0.4 is 25.3 Å². The Balaban J connectivity index is 2.34. The van der Waals surface area contributed by atoms with Crippen molar-refractivity contribution in [2.24, 2.45) is 5.73 Å². The molecular formula is C14H22N2O3. The summed E-state index contributed by atoms with van der Waals surface area (Å²) in [7, 11) is 4.88. The summed E-state index contributed by atoms with van der Waals surface area (Å²) in [5, 5.41) is 3.52. The fourth-order valence-electron chi connectivity index (χ4n) is 2.14. The zero-order valence-electron chi connectivity index (χ0n) is 11.7. The van der Waals surface area contributed by atoms with Crippen molar-refractivity contribution in [1.82, 2.24) is 5.32 Å². The molecule has 1 aromatic rings. The van der Waals surface area contributed by atoms with E-state index in [-0.39, 0.29) is 6.04 Å². The average molecular weight is 266 g/mol. The standard InChI is InChI=1S/C14H22N2O3/c1-17-12-7-14(19-3)13(18-2)6-10(12)11(8-15)16-9-4-5-9/h6-7,9,11,16H,4-5,8,15H2,1-3H3. The molecule has 1 aromatic carbocycles. The molecule has 5 heteroatoms. The summed E-state index contributed by atoms with van der Waals surface area (Å²) in [4.78, 5) is 0. The fraction of sp³-hybridized carbons (Fsp3) is 0.571. The molecule has 0 aromatic heterocycles. The highest BCUT2D eigenvalue weighted by Crippen LogP contribution is 2.38. The molecule has 1 unspecified atom stereocenters. The first-order valence-corrected chi connectivity index (χ1v) is 6.49. The Morgan fingerprint density at radius 2 is 1.68 bits per heavy atom. The molecule has 5 nitrogen and oxygen atoms in total. The van der Waals surface area contributed by atoms with E-state index in [4.69, 9.17) is 19.9 Å². The second-order valence-corrected chi connectivity index (χ2v) is 4.68. The van der Waals surface area contributed by atoms with E-state index in [1.54, 1.807) is 21.3 Å². The third-order valence-corrected chi connectivity index (χ3v) is 3.36. The van der Waals surface area contributed by atoms with Crippen molar-refractivity contribution in [2.45, 2.75) is 24.9 Å². The molecule has 0 aliphatic heterocycles. The minimum absolute atomic E-state index is 0.0715. The summed E-state index contributed by atoms with van der Waals surface area (Å²) in [6.45, 7) is 0.516. The van der Waals surface area contributed by atoms with Crippen molar-refractivity contribution < 1.29 is 14.2 Å². The van der Waals surface area contributed by atoms with Gasteiger partial charge in [-0.3, -0.25) is 0 Å². The first-order valence-electron chi connectivity index (χ1n) is 6.49. The van der Waals surface area contributed by atoms with Gasteiger partial charge in [0.05, 0.1) is 21.3 Å². The molecule has 0 bridgehead atoms. The van der Waals surface area contributed by atoms with Gasteiger partial charge in [0.1, 0.15) is 5.75 Å². The Labute approximate surface area is 114 Å². The van der Waals surface area contributed by atoms with Crippen LogP contribution in [0.2, 0.25) is 0 Å². The lowest BCUT2D eigenvalue weighted by atomic mass is 10.0. The van der Waals surface area contributed by atoms with Crippen LogP contribution in [0.5, 0.6) is 17.2 Å². The number of ether oxygens (including phenoxy) is 3. The molecular weight excluding hydrogens is 244 g/mol.